The van der Waals surface area contributed by atoms with Crippen molar-refractivity contribution in [3.05, 3.63) is 71.8 Å². The molecule has 2 fully saturated rings. The number of cyclic esters (lactones) is 1. The van der Waals surface area contributed by atoms with Gasteiger partial charge in [-0.15, -0.1) is 0 Å². The van der Waals surface area contributed by atoms with Gasteiger partial charge in [-0.3, -0.25) is 9.59 Å². The number of esters is 1. The predicted octanol–water partition coefficient (Wildman–Crippen LogP) is 3.93. The number of hydrogen-bond acceptors (Lipinski definition) is 4. The number of ether oxygens (including phenoxy) is 2. The molecule has 0 bridgehead atoms. The van der Waals surface area contributed by atoms with Crippen LogP contribution in [0.5, 0.6) is 5.75 Å². The molecule has 1 heterocycles. The Labute approximate surface area is 170 Å². The van der Waals surface area contributed by atoms with Crippen molar-refractivity contribution in [1.29, 1.82) is 0 Å². The number of allylic oxidation sites excluding steroid dienone is 1. The Kier molecular flexibility index (Phi) is 5.14. The highest BCUT2D eigenvalue weighted by Crippen LogP contribution is 2.52. The lowest BCUT2D eigenvalue weighted by Gasteiger charge is -2.24. The first-order valence-corrected chi connectivity index (χ1v) is 9.84. The van der Waals surface area contributed by atoms with Crippen LogP contribution in [0, 0.1) is 11.3 Å². The normalized spacial score (nSPS) is 22.9. The van der Waals surface area contributed by atoms with Gasteiger partial charge in [-0.1, -0.05) is 36.4 Å². The summed E-state index contributed by atoms with van der Waals surface area (Å²) in [5.41, 5.74) is 3.40. The van der Waals surface area contributed by atoms with Crippen molar-refractivity contribution < 1.29 is 19.1 Å². The van der Waals surface area contributed by atoms with Crippen LogP contribution in [0.1, 0.15) is 24.0 Å². The Morgan fingerprint density at radius 3 is 2.55 bits per heavy atom. The van der Waals surface area contributed by atoms with Gasteiger partial charge in [-0.2, -0.15) is 0 Å². The molecule has 29 heavy (non-hydrogen) atoms. The fourth-order valence-corrected chi connectivity index (χ4v) is 4.47. The molecule has 0 aromatic heterocycles. The molecule has 1 saturated heterocycles. The summed E-state index contributed by atoms with van der Waals surface area (Å²) in [6, 6.07) is 15.2. The maximum Gasteiger partial charge on any atom is 0.313 e. The maximum absolute atomic E-state index is 12.4. The average Bonchev–Trinajstić information content (AvgIpc) is 3.18. The van der Waals surface area contributed by atoms with Crippen molar-refractivity contribution in [1.82, 2.24) is 0 Å². The fraction of sp³-hybridized carbons (Fsp3) is 0.333. The Bertz CT molecular complexity index is 932. The van der Waals surface area contributed by atoms with E-state index in [1.807, 2.05) is 48.5 Å². The first-order chi connectivity index (χ1) is 14.0. The van der Waals surface area contributed by atoms with Crippen molar-refractivity contribution in [3.63, 3.8) is 0 Å². The third-order valence-electron chi connectivity index (χ3n) is 5.99. The lowest BCUT2D eigenvalue weighted by molar-refractivity contribution is -0.146. The zero-order chi connectivity index (χ0) is 20.4. The van der Waals surface area contributed by atoms with Gasteiger partial charge in [0, 0.05) is 11.6 Å². The van der Waals surface area contributed by atoms with E-state index in [4.69, 9.17) is 9.47 Å². The summed E-state index contributed by atoms with van der Waals surface area (Å²) < 4.78 is 10.5. The van der Waals surface area contributed by atoms with E-state index < -0.39 is 5.41 Å². The van der Waals surface area contributed by atoms with Gasteiger partial charge in [0.15, 0.2) is 0 Å². The van der Waals surface area contributed by atoms with Gasteiger partial charge in [0.1, 0.15) is 5.75 Å². The monoisotopic (exact) mass is 391 g/mol. The minimum atomic E-state index is -0.462. The van der Waals surface area contributed by atoms with Gasteiger partial charge in [0.25, 0.3) is 0 Å². The summed E-state index contributed by atoms with van der Waals surface area (Å²) in [4.78, 5) is 24.7. The topological polar surface area (TPSA) is 64.6 Å². The van der Waals surface area contributed by atoms with E-state index in [0.29, 0.717) is 25.9 Å². The lowest BCUT2D eigenvalue weighted by Crippen LogP contribution is -2.31. The van der Waals surface area contributed by atoms with Gasteiger partial charge in [0.05, 0.1) is 25.6 Å². The molecule has 2 aromatic carbocycles. The highest BCUT2D eigenvalue weighted by atomic mass is 16.5. The van der Waals surface area contributed by atoms with E-state index in [0.717, 1.165) is 34.6 Å². The summed E-state index contributed by atoms with van der Waals surface area (Å²) in [6.45, 7) is 4.58. The van der Waals surface area contributed by atoms with Crippen LogP contribution in [0.4, 0.5) is 5.69 Å². The molecule has 4 rings (SSSR count). The molecule has 1 amide bonds. The second-order valence-electron chi connectivity index (χ2n) is 8.03. The van der Waals surface area contributed by atoms with E-state index in [2.05, 4.69) is 11.9 Å². The number of hydrogen-bond donors (Lipinski definition) is 1. The molecule has 150 valence electrons. The quantitative estimate of drug-likeness (QED) is 0.599. The van der Waals surface area contributed by atoms with Crippen molar-refractivity contribution in [3.8, 4) is 5.75 Å². The lowest BCUT2D eigenvalue weighted by atomic mass is 9.75. The van der Waals surface area contributed by atoms with Crippen LogP contribution in [-0.2, 0) is 27.2 Å². The van der Waals surface area contributed by atoms with Crippen LogP contribution in [0.3, 0.4) is 0 Å². The van der Waals surface area contributed by atoms with Crippen LogP contribution in [-0.4, -0.2) is 25.6 Å². The molecule has 0 spiro atoms. The largest absolute Gasteiger partial charge is 0.497 e. The summed E-state index contributed by atoms with van der Waals surface area (Å²) >= 11 is 0. The van der Waals surface area contributed by atoms with Crippen LogP contribution < -0.4 is 10.1 Å². The summed E-state index contributed by atoms with van der Waals surface area (Å²) in [7, 11) is 1.61. The number of anilines is 1. The third-order valence-corrected chi connectivity index (χ3v) is 5.99. The molecule has 0 radical (unpaired) electrons. The molecule has 1 saturated carbocycles. The van der Waals surface area contributed by atoms with Crippen molar-refractivity contribution in [2.24, 2.45) is 11.3 Å². The number of amides is 1. The van der Waals surface area contributed by atoms with Crippen molar-refractivity contribution >= 4 is 17.6 Å². The minimum absolute atomic E-state index is 0.0759. The number of fused-ring (bicyclic) bond motifs is 1. The molecule has 5 nitrogen and oxygen atoms in total. The van der Waals surface area contributed by atoms with Crippen molar-refractivity contribution in [2.75, 3.05) is 19.0 Å². The van der Waals surface area contributed by atoms with Crippen LogP contribution in [0.15, 0.2) is 60.7 Å². The average molecular weight is 391 g/mol. The SMILES string of the molecule is C=C1CC2COC(=O)C2(Cc2ccc(NC(=O)Cc3ccc(OC)cc3)cc2)C1. The second-order valence-corrected chi connectivity index (χ2v) is 8.03. The van der Waals surface area contributed by atoms with E-state index in [1.54, 1.807) is 7.11 Å². The molecule has 2 atom stereocenters. The van der Waals surface area contributed by atoms with Gasteiger partial charge in [0.2, 0.25) is 5.91 Å². The Morgan fingerprint density at radius 1 is 1.17 bits per heavy atom. The molecule has 2 aliphatic rings. The van der Waals surface area contributed by atoms with Crippen LogP contribution >= 0.6 is 0 Å². The van der Waals surface area contributed by atoms with Gasteiger partial charge in [-0.25, -0.2) is 0 Å². The number of nitrogens with one attached hydrogen (secondary N) is 1. The molecule has 1 aliphatic carbocycles. The van der Waals surface area contributed by atoms with Crippen molar-refractivity contribution in [2.45, 2.75) is 25.7 Å². The third kappa shape index (κ3) is 3.90. The fourth-order valence-electron chi connectivity index (χ4n) is 4.47. The highest BCUT2D eigenvalue weighted by molar-refractivity contribution is 5.92. The smallest absolute Gasteiger partial charge is 0.313 e. The number of benzene rings is 2. The summed E-state index contributed by atoms with van der Waals surface area (Å²) in [5, 5.41) is 2.92. The molecule has 1 N–H and O–H groups in total. The number of carbonyl (C=O) groups excluding carboxylic acids is 2. The molecule has 5 heteroatoms. The van der Waals surface area contributed by atoms with E-state index >= 15 is 0 Å². The van der Waals surface area contributed by atoms with Crippen LogP contribution in [0.2, 0.25) is 0 Å². The standard InChI is InChI=1S/C24H25NO4/c1-16-11-19-15-29-23(27)24(19,13-16)14-18-3-7-20(8-4-18)25-22(26)12-17-5-9-21(28-2)10-6-17/h3-10,19H,1,11-15H2,2H3,(H,25,26). The zero-order valence-corrected chi connectivity index (χ0v) is 16.6. The summed E-state index contributed by atoms with van der Waals surface area (Å²) in [5.74, 6) is 0.820. The molecular weight excluding hydrogens is 366 g/mol. The predicted molar refractivity (Wildman–Crippen MR) is 111 cm³/mol. The minimum Gasteiger partial charge on any atom is -0.497 e. The molecule has 2 unspecified atom stereocenters. The highest BCUT2D eigenvalue weighted by Gasteiger charge is 2.55. The van der Waals surface area contributed by atoms with Crippen LogP contribution in [0.25, 0.3) is 0 Å². The molecule has 2 aromatic rings. The first-order valence-electron chi connectivity index (χ1n) is 9.84. The zero-order valence-electron chi connectivity index (χ0n) is 16.6. The first kappa shape index (κ1) is 19.2. The Morgan fingerprint density at radius 2 is 1.86 bits per heavy atom. The number of carbonyl (C=O) groups is 2. The van der Waals surface area contributed by atoms with E-state index in [9.17, 15) is 9.59 Å². The van der Waals surface area contributed by atoms with E-state index in [1.165, 1.54) is 0 Å². The maximum atomic E-state index is 12.4. The van der Waals surface area contributed by atoms with E-state index in [-0.39, 0.29) is 17.8 Å². The van der Waals surface area contributed by atoms with Gasteiger partial charge < -0.3 is 14.8 Å². The number of rotatable bonds is 6. The Balaban J connectivity index is 1.38. The summed E-state index contributed by atoms with van der Waals surface area (Å²) in [6.07, 6.45) is 2.52. The van der Waals surface area contributed by atoms with Gasteiger partial charge in [-0.05, 0) is 54.7 Å². The second kappa shape index (κ2) is 7.74. The molecular formula is C24H25NO4. The van der Waals surface area contributed by atoms with Gasteiger partial charge >= 0.3 is 5.97 Å². The Hall–Kier alpha value is -3.08. The molecule has 1 aliphatic heterocycles. The number of methoxy groups -OCH3 is 1.